The van der Waals surface area contributed by atoms with E-state index in [0.717, 1.165) is 16.8 Å². The fourth-order valence-electron chi connectivity index (χ4n) is 5.95. The van der Waals surface area contributed by atoms with Crippen LogP contribution in [-0.4, -0.2) is 44.4 Å². The number of nitro groups is 2. The minimum absolute atomic E-state index is 0.00414. The summed E-state index contributed by atoms with van der Waals surface area (Å²) in [5, 5.41) is 26.0. The average Bonchev–Trinajstić information content (AvgIpc) is 3.29. The molecule has 0 saturated heterocycles. The molecule has 208 valence electrons. The summed E-state index contributed by atoms with van der Waals surface area (Å²) in [6.45, 7) is 5.10. The van der Waals surface area contributed by atoms with Crippen molar-refractivity contribution < 1.29 is 14.6 Å². The van der Waals surface area contributed by atoms with Gasteiger partial charge in [-0.05, 0) is 61.6 Å². The number of amides is 1. The number of para-hydroxylation sites is 1. The summed E-state index contributed by atoms with van der Waals surface area (Å²) in [6.07, 6.45) is 0.665. The van der Waals surface area contributed by atoms with E-state index >= 15 is 0 Å². The van der Waals surface area contributed by atoms with Crippen molar-refractivity contribution in [2.24, 2.45) is 5.92 Å². The number of rotatable bonds is 8. The van der Waals surface area contributed by atoms with Crippen LogP contribution in [0.15, 0.2) is 71.6 Å². The molecule has 1 fully saturated rings. The van der Waals surface area contributed by atoms with Crippen LogP contribution in [0, 0.1) is 26.1 Å². The monoisotopic (exact) mass is 580 g/mol. The second kappa shape index (κ2) is 11.5. The maximum atomic E-state index is 13.2. The molecular formula is C29H29ClN4O5S. The number of nitrogens with one attached hydrogen (secondary N) is 1. The van der Waals surface area contributed by atoms with E-state index in [1.54, 1.807) is 35.2 Å². The lowest BCUT2D eigenvalue weighted by atomic mass is 9.76. The molecule has 1 aliphatic carbocycles. The smallest absolute Gasteiger partial charge is 0.282 e. The van der Waals surface area contributed by atoms with Crippen LogP contribution in [0.4, 0.5) is 17.1 Å². The molecule has 1 saturated carbocycles. The number of alkyl halides is 1. The van der Waals surface area contributed by atoms with E-state index in [1.165, 1.54) is 30.0 Å². The van der Waals surface area contributed by atoms with Gasteiger partial charge in [-0.15, -0.1) is 23.4 Å². The summed E-state index contributed by atoms with van der Waals surface area (Å²) in [5.74, 6) is -0.185. The first-order valence-electron chi connectivity index (χ1n) is 13.2. The van der Waals surface area contributed by atoms with Crippen LogP contribution in [0.25, 0.3) is 0 Å². The number of non-ortho nitro benzene ring substituents is 1. The van der Waals surface area contributed by atoms with Crippen molar-refractivity contribution in [2.75, 3.05) is 18.4 Å². The second-order valence-electron chi connectivity index (χ2n) is 10.0. The van der Waals surface area contributed by atoms with Gasteiger partial charge in [0.15, 0.2) is 0 Å². The van der Waals surface area contributed by atoms with Gasteiger partial charge in [-0.25, -0.2) is 0 Å². The first kappa shape index (κ1) is 27.9. The molecule has 1 heterocycles. The molecule has 1 aliphatic heterocycles. The number of fused-ring (bicyclic) bond motifs is 3. The molecular weight excluding hydrogens is 552 g/mol. The Bertz CT molecular complexity index is 1450. The summed E-state index contributed by atoms with van der Waals surface area (Å²) in [4.78, 5) is 37.6. The number of halogens is 1. The third kappa shape index (κ3) is 5.13. The second-order valence-corrected chi connectivity index (χ2v) is 11.8. The summed E-state index contributed by atoms with van der Waals surface area (Å²) >= 11 is 8.64. The van der Waals surface area contributed by atoms with Crippen molar-refractivity contribution in [1.82, 2.24) is 4.90 Å². The van der Waals surface area contributed by atoms with Crippen LogP contribution in [0.1, 0.15) is 53.7 Å². The van der Waals surface area contributed by atoms with E-state index in [2.05, 4.69) is 5.32 Å². The van der Waals surface area contributed by atoms with E-state index in [1.807, 2.05) is 32.0 Å². The summed E-state index contributed by atoms with van der Waals surface area (Å²) in [7, 11) is 0. The SMILES string of the molecule is CCN(CC)C(=O)c1ccc2c(c1)[C@@H]1[C@@H](Cl)[C@@H](Sc3ccccc3[N+](=O)[O-])C[C@@H]1[C@H](c1ccc([N+](=O)[O-])cc1)N2. The van der Waals surface area contributed by atoms with Gasteiger partial charge in [0.25, 0.3) is 17.3 Å². The van der Waals surface area contributed by atoms with Gasteiger partial charge in [-0.1, -0.05) is 24.3 Å². The van der Waals surface area contributed by atoms with Crippen molar-refractivity contribution >= 4 is 46.3 Å². The lowest BCUT2D eigenvalue weighted by Crippen LogP contribution is -2.33. The zero-order valence-corrected chi connectivity index (χ0v) is 23.6. The molecule has 2 aliphatic rings. The fraction of sp³-hybridized carbons (Fsp3) is 0.345. The largest absolute Gasteiger partial charge is 0.378 e. The zero-order valence-electron chi connectivity index (χ0n) is 22.0. The van der Waals surface area contributed by atoms with Crippen molar-refractivity contribution in [1.29, 1.82) is 0 Å². The van der Waals surface area contributed by atoms with Crippen LogP contribution in [0.2, 0.25) is 0 Å². The van der Waals surface area contributed by atoms with Crippen molar-refractivity contribution in [3.8, 4) is 0 Å². The van der Waals surface area contributed by atoms with E-state index in [-0.39, 0.29) is 50.7 Å². The minimum atomic E-state index is -0.422. The standard InChI is InChI=1S/C29H29ClN4O5S/c1-3-32(4-2)29(35)18-11-14-22-20(15-18)26-21(28(31-22)17-9-12-19(13-10-17)33(36)37)16-25(27(26)30)40-24-8-6-5-7-23(24)34(38)39/h5-15,21,25-28,31H,3-4,16H2,1-2H3/t21-,25-,26-,27-,28-/m0/s1. The minimum Gasteiger partial charge on any atom is -0.378 e. The third-order valence-corrected chi connectivity index (χ3v) is 10.0. The number of carbonyl (C=O) groups is 1. The Morgan fingerprint density at radius 3 is 2.38 bits per heavy atom. The molecule has 11 heteroatoms. The number of hydrogen-bond donors (Lipinski definition) is 1. The van der Waals surface area contributed by atoms with Crippen LogP contribution >= 0.6 is 23.4 Å². The Labute approximate surface area is 241 Å². The first-order chi connectivity index (χ1) is 19.2. The van der Waals surface area contributed by atoms with Gasteiger partial charge < -0.3 is 10.2 Å². The summed E-state index contributed by atoms with van der Waals surface area (Å²) in [5.41, 5.74) is 3.37. The molecule has 3 aromatic rings. The lowest BCUT2D eigenvalue weighted by molar-refractivity contribution is -0.387. The average molecular weight is 581 g/mol. The Balaban J connectivity index is 1.55. The molecule has 40 heavy (non-hydrogen) atoms. The Kier molecular flexibility index (Phi) is 8.00. The molecule has 0 aromatic heterocycles. The van der Waals surface area contributed by atoms with E-state index < -0.39 is 4.92 Å². The molecule has 3 aromatic carbocycles. The van der Waals surface area contributed by atoms with Gasteiger partial charge in [0.1, 0.15) is 0 Å². The van der Waals surface area contributed by atoms with Crippen molar-refractivity contribution in [3.05, 3.63) is 104 Å². The number of benzene rings is 3. The molecule has 5 atom stereocenters. The van der Waals surface area contributed by atoms with Crippen LogP contribution < -0.4 is 5.32 Å². The van der Waals surface area contributed by atoms with Crippen LogP contribution in [0.5, 0.6) is 0 Å². The predicted molar refractivity (Wildman–Crippen MR) is 156 cm³/mol. The number of hydrogen-bond acceptors (Lipinski definition) is 7. The highest BCUT2D eigenvalue weighted by Crippen LogP contribution is 2.58. The number of nitro benzene ring substituents is 2. The molecule has 0 radical (unpaired) electrons. The molecule has 0 bridgehead atoms. The normalized spacial score (nSPS) is 23.0. The van der Waals surface area contributed by atoms with Gasteiger partial charge in [-0.2, -0.15) is 0 Å². The molecule has 9 nitrogen and oxygen atoms in total. The molecule has 1 amide bonds. The number of thioether (sulfide) groups is 1. The number of carbonyl (C=O) groups excluding carboxylic acids is 1. The van der Waals surface area contributed by atoms with Gasteiger partial charge in [0.2, 0.25) is 0 Å². The summed E-state index contributed by atoms with van der Waals surface area (Å²) in [6, 6.07) is 18.7. The first-order valence-corrected chi connectivity index (χ1v) is 14.5. The molecule has 1 N–H and O–H groups in total. The maximum Gasteiger partial charge on any atom is 0.282 e. The zero-order chi connectivity index (χ0) is 28.6. The fourth-order valence-corrected chi connectivity index (χ4v) is 7.89. The predicted octanol–water partition coefficient (Wildman–Crippen LogP) is 7.02. The number of anilines is 1. The van der Waals surface area contributed by atoms with Gasteiger partial charge >= 0.3 is 0 Å². The van der Waals surface area contributed by atoms with Crippen molar-refractivity contribution in [3.63, 3.8) is 0 Å². The number of nitrogens with zero attached hydrogens (tertiary/aromatic N) is 3. The van der Waals surface area contributed by atoms with Crippen LogP contribution in [-0.2, 0) is 0 Å². The van der Waals surface area contributed by atoms with Gasteiger partial charge in [0.05, 0.1) is 26.2 Å². The highest BCUT2D eigenvalue weighted by atomic mass is 35.5. The molecule has 0 spiro atoms. The van der Waals surface area contributed by atoms with Gasteiger partial charge in [-0.3, -0.25) is 25.0 Å². The quantitative estimate of drug-likeness (QED) is 0.173. The maximum absolute atomic E-state index is 13.2. The molecule has 0 unspecified atom stereocenters. The highest BCUT2D eigenvalue weighted by molar-refractivity contribution is 8.00. The van der Waals surface area contributed by atoms with E-state index in [0.29, 0.717) is 30.0 Å². The van der Waals surface area contributed by atoms with Crippen molar-refractivity contribution in [2.45, 2.75) is 47.8 Å². The van der Waals surface area contributed by atoms with Crippen LogP contribution in [0.3, 0.4) is 0 Å². The Morgan fingerprint density at radius 1 is 1.02 bits per heavy atom. The van der Waals surface area contributed by atoms with E-state index in [4.69, 9.17) is 11.6 Å². The van der Waals surface area contributed by atoms with Gasteiger partial charge in [0, 0.05) is 53.7 Å². The molecule has 5 rings (SSSR count). The summed E-state index contributed by atoms with van der Waals surface area (Å²) < 4.78 is 0. The van der Waals surface area contributed by atoms with E-state index in [9.17, 15) is 25.0 Å². The Morgan fingerprint density at radius 2 is 1.73 bits per heavy atom. The third-order valence-electron chi connectivity index (χ3n) is 7.91. The topological polar surface area (TPSA) is 119 Å². The Hall–Kier alpha value is -3.63. The highest BCUT2D eigenvalue weighted by Gasteiger charge is 2.50. The lowest BCUT2D eigenvalue weighted by Gasteiger charge is -2.38.